The quantitative estimate of drug-likeness (QED) is 0.282. The summed E-state index contributed by atoms with van der Waals surface area (Å²) in [6.07, 6.45) is 3.03. The Labute approximate surface area is 164 Å². The number of ether oxygens (including phenoxy) is 1. The van der Waals surface area contributed by atoms with Crippen LogP contribution in [0.15, 0.2) is 17.3 Å². The van der Waals surface area contributed by atoms with Crippen molar-refractivity contribution in [2.24, 2.45) is 5.73 Å². The summed E-state index contributed by atoms with van der Waals surface area (Å²) < 4.78 is 18.5. The van der Waals surface area contributed by atoms with Gasteiger partial charge in [0.25, 0.3) is 0 Å². The van der Waals surface area contributed by atoms with Gasteiger partial charge in [-0.25, -0.2) is 4.98 Å². The fourth-order valence-electron chi connectivity index (χ4n) is 2.47. The molecule has 0 aromatic carbocycles. The van der Waals surface area contributed by atoms with Crippen LogP contribution in [0.1, 0.15) is 33.6 Å². The van der Waals surface area contributed by atoms with E-state index in [1.807, 2.05) is 0 Å². The number of hydrogen-bond acceptors (Lipinski definition) is 9. The molecular weight excluding hydrogens is 388 g/mol. The molecule has 11 nitrogen and oxygen atoms in total. The van der Waals surface area contributed by atoms with Crippen LogP contribution >= 0.6 is 0 Å². The van der Waals surface area contributed by atoms with Crippen molar-refractivity contribution in [3.8, 4) is 0 Å². The lowest BCUT2D eigenvalue weighted by atomic mass is 10.1. The minimum atomic E-state index is -1.46. The summed E-state index contributed by atoms with van der Waals surface area (Å²) in [5, 5.41) is 18.4. The van der Waals surface area contributed by atoms with Gasteiger partial charge >= 0.3 is 11.7 Å². The van der Waals surface area contributed by atoms with Gasteiger partial charge in [-0.3, -0.25) is 19.1 Å². The number of nitrogens with one attached hydrogen (secondary N) is 1. The summed E-state index contributed by atoms with van der Waals surface area (Å²) in [5.74, 6) is -0.0844. The van der Waals surface area contributed by atoms with E-state index in [2.05, 4.69) is 15.4 Å². The highest BCUT2D eigenvalue weighted by Crippen LogP contribution is 2.23. The van der Waals surface area contributed by atoms with Crippen molar-refractivity contribution in [1.29, 1.82) is 0 Å². The van der Waals surface area contributed by atoms with Crippen molar-refractivity contribution < 1.29 is 18.7 Å². The maximum absolute atomic E-state index is 12.0. The molecule has 154 valence electrons. The molecule has 2 aromatic rings. The number of carbonyl (C=O) groups is 1. The van der Waals surface area contributed by atoms with E-state index in [0.717, 1.165) is 6.20 Å². The van der Waals surface area contributed by atoms with Gasteiger partial charge in [-0.15, -0.1) is 0 Å². The van der Waals surface area contributed by atoms with Crippen LogP contribution in [0.2, 0.25) is 0 Å². The second-order valence-electron chi connectivity index (χ2n) is 7.16. The predicted octanol–water partition coefficient (Wildman–Crippen LogP) is 1.24. The Bertz CT molecular complexity index is 907. The van der Waals surface area contributed by atoms with Crippen LogP contribution in [0.5, 0.6) is 0 Å². The Morgan fingerprint density at radius 3 is 2.71 bits per heavy atom. The highest BCUT2D eigenvalue weighted by atomic mass is 32.2. The van der Waals surface area contributed by atoms with Crippen LogP contribution in [0.3, 0.4) is 0 Å². The van der Waals surface area contributed by atoms with E-state index in [-0.39, 0.29) is 47.2 Å². The normalized spacial score (nSPS) is 13.9. The zero-order chi connectivity index (χ0) is 21.1. The largest absolute Gasteiger partial charge is 0.460 e. The summed E-state index contributed by atoms with van der Waals surface area (Å²) in [7, 11) is -1.46. The lowest BCUT2D eigenvalue weighted by Crippen LogP contribution is -2.31. The number of nitrogens with zero attached hydrogens (tertiary/aromatic N) is 4. The Balaban J connectivity index is 2.23. The van der Waals surface area contributed by atoms with Gasteiger partial charge in [-0.1, -0.05) is 0 Å². The number of hydrogen-bond donors (Lipinski definition) is 2. The first-order valence-electron chi connectivity index (χ1n) is 8.57. The molecule has 28 heavy (non-hydrogen) atoms. The molecule has 0 aliphatic heterocycles. The minimum absolute atomic E-state index is 0.0249. The second-order valence-corrected chi connectivity index (χ2v) is 8.48. The first kappa shape index (κ1) is 21.7. The zero-order valence-corrected chi connectivity index (χ0v) is 17.0. The van der Waals surface area contributed by atoms with E-state index in [9.17, 15) is 19.1 Å². The molecule has 1 unspecified atom stereocenters. The maximum atomic E-state index is 12.0. The summed E-state index contributed by atoms with van der Waals surface area (Å²) in [4.78, 5) is 26.7. The van der Waals surface area contributed by atoms with E-state index >= 15 is 0 Å². The van der Waals surface area contributed by atoms with E-state index in [1.165, 1.54) is 16.8 Å². The van der Waals surface area contributed by atoms with Gasteiger partial charge < -0.3 is 15.8 Å². The molecule has 0 saturated carbocycles. The molecule has 2 rings (SSSR count). The SMILES string of the molecule is CS(=O)c1cc(N[C@H](CN)CCC(=O)OC(C)(C)C)nc2c([N+](=O)[O-])cnn12. The van der Waals surface area contributed by atoms with Gasteiger partial charge in [-0.2, -0.15) is 9.61 Å². The average Bonchev–Trinajstić information content (AvgIpc) is 3.00. The second kappa shape index (κ2) is 8.61. The Hall–Kier alpha value is -2.60. The molecule has 2 heterocycles. The van der Waals surface area contributed by atoms with E-state index in [0.29, 0.717) is 6.42 Å². The van der Waals surface area contributed by atoms with Gasteiger partial charge in [0.15, 0.2) is 0 Å². The highest BCUT2D eigenvalue weighted by molar-refractivity contribution is 7.84. The predicted molar refractivity (Wildman–Crippen MR) is 104 cm³/mol. The van der Waals surface area contributed by atoms with Crippen molar-refractivity contribution in [3.63, 3.8) is 0 Å². The van der Waals surface area contributed by atoms with Crippen molar-refractivity contribution in [2.45, 2.75) is 50.3 Å². The Morgan fingerprint density at radius 2 is 2.18 bits per heavy atom. The molecule has 0 fully saturated rings. The Morgan fingerprint density at radius 1 is 1.50 bits per heavy atom. The van der Waals surface area contributed by atoms with Crippen LogP contribution in [0.25, 0.3) is 5.65 Å². The highest BCUT2D eigenvalue weighted by Gasteiger charge is 2.22. The third kappa shape index (κ3) is 5.45. The number of esters is 1. The zero-order valence-electron chi connectivity index (χ0n) is 16.2. The monoisotopic (exact) mass is 412 g/mol. The lowest BCUT2D eigenvalue weighted by molar-refractivity contribution is -0.383. The third-order valence-electron chi connectivity index (χ3n) is 3.67. The van der Waals surface area contributed by atoms with Crippen LogP contribution < -0.4 is 11.1 Å². The van der Waals surface area contributed by atoms with Crippen LogP contribution in [-0.2, 0) is 20.3 Å². The molecule has 0 saturated heterocycles. The molecule has 2 aromatic heterocycles. The van der Waals surface area contributed by atoms with Crippen molar-refractivity contribution >= 4 is 33.9 Å². The number of fused-ring (bicyclic) bond motifs is 1. The molecule has 0 aliphatic rings. The average molecular weight is 412 g/mol. The smallest absolute Gasteiger partial charge is 0.333 e. The van der Waals surface area contributed by atoms with Crippen LogP contribution in [0, 0.1) is 10.1 Å². The number of carbonyl (C=O) groups excluding carboxylic acids is 1. The summed E-state index contributed by atoms with van der Waals surface area (Å²) >= 11 is 0. The first-order valence-corrected chi connectivity index (χ1v) is 10.1. The van der Waals surface area contributed by atoms with Gasteiger partial charge in [-0.05, 0) is 27.2 Å². The summed E-state index contributed by atoms with van der Waals surface area (Å²) in [6.45, 7) is 5.55. The fourth-order valence-corrected chi connectivity index (χ4v) is 3.13. The summed E-state index contributed by atoms with van der Waals surface area (Å²) in [5.41, 5.74) is 4.88. The molecule has 12 heteroatoms. The van der Waals surface area contributed by atoms with E-state index in [1.54, 1.807) is 20.8 Å². The molecule has 2 atom stereocenters. The fraction of sp³-hybridized carbons (Fsp3) is 0.562. The Kier molecular flexibility index (Phi) is 6.67. The van der Waals surface area contributed by atoms with Crippen molar-refractivity contribution in [2.75, 3.05) is 18.1 Å². The first-order chi connectivity index (χ1) is 13.0. The number of nitro groups is 1. The number of anilines is 1. The van der Waals surface area contributed by atoms with Gasteiger partial charge in [0.05, 0.1) is 15.7 Å². The lowest BCUT2D eigenvalue weighted by Gasteiger charge is -2.21. The van der Waals surface area contributed by atoms with Crippen LogP contribution in [-0.4, -0.2) is 54.1 Å². The maximum Gasteiger partial charge on any atom is 0.333 e. The summed E-state index contributed by atoms with van der Waals surface area (Å²) in [6, 6.07) is 1.17. The molecule has 3 N–H and O–H groups in total. The number of nitrogens with two attached hydrogens (primary N) is 1. The van der Waals surface area contributed by atoms with E-state index < -0.39 is 21.3 Å². The van der Waals surface area contributed by atoms with E-state index in [4.69, 9.17) is 10.5 Å². The van der Waals surface area contributed by atoms with Gasteiger partial charge in [0, 0.05) is 31.3 Å². The van der Waals surface area contributed by atoms with Gasteiger partial charge in [0.2, 0.25) is 5.65 Å². The molecule has 0 bridgehead atoms. The minimum Gasteiger partial charge on any atom is -0.460 e. The molecular formula is C16H24N6O5S. The standard InChI is InChI=1S/C16H24N6O5S/c1-16(2,3)27-14(23)6-5-10(8-17)19-12-7-13(28(4)26)21-15(20-12)11(9-18-21)22(24)25/h7,9-10H,5-6,8,17H2,1-4H3,(H,19,20)/t10-,28?/m0/s1. The number of rotatable bonds is 8. The van der Waals surface area contributed by atoms with Crippen molar-refractivity contribution in [1.82, 2.24) is 14.6 Å². The topological polar surface area (TPSA) is 155 Å². The number of aromatic nitrogens is 3. The third-order valence-corrected chi connectivity index (χ3v) is 4.55. The molecule has 0 amide bonds. The van der Waals surface area contributed by atoms with Crippen LogP contribution in [0.4, 0.5) is 11.5 Å². The van der Waals surface area contributed by atoms with Gasteiger partial charge in [0.1, 0.15) is 22.6 Å². The molecule has 0 spiro atoms. The molecule has 0 radical (unpaired) electrons. The van der Waals surface area contributed by atoms with Crippen molar-refractivity contribution in [3.05, 3.63) is 22.4 Å². The molecule has 0 aliphatic carbocycles.